The summed E-state index contributed by atoms with van der Waals surface area (Å²) in [5, 5.41) is 0. The Morgan fingerprint density at radius 1 is 1.46 bits per heavy atom. The summed E-state index contributed by atoms with van der Waals surface area (Å²) in [6, 6.07) is 1.87. The van der Waals surface area contributed by atoms with E-state index in [2.05, 4.69) is 31.9 Å². The van der Waals surface area contributed by atoms with Gasteiger partial charge in [0.15, 0.2) is 5.78 Å². The first-order chi connectivity index (χ1) is 11.5. The van der Waals surface area contributed by atoms with Gasteiger partial charge in [0.25, 0.3) is 0 Å². The molecule has 0 unspecified atom stereocenters. The number of hydrogen-bond acceptors (Lipinski definition) is 4. The first-order valence-electron chi connectivity index (χ1n) is 7.67. The van der Waals surface area contributed by atoms with Gasteiger partial charge in [-0.1, -0.05) is 6.08 Å². The number of allylic oxidation sites excluding steroid dienone is 1. The Morgan fingerprint density at radius 2 is 2.25 bits per heavy atom. The number of nitrogens with zero attached hydrogens (tertiary/aromatic N) is 1. The third kappa shape index (κ3) is 2.10. The number of ether oxygens (including phenoxy) is 2. The Balaban J connectivity index is 2.01. The number of ketones is 1. The van der Waals surface area contributed by atoms with Crippen LogP contribution in [0.1, 0.15) is 24.0 Å². The maximum atomic E-state index is 12.1. The molecule has 4 rings (SSSR count). The molecule has 3 aliphatic rings. The molecule has 7 heteroatoms. The smallest absolute Gasteiger partial charge is 0.210 e. The van der Waals surface area contributed by atoms with E-state index < -0.39 is 5.41 Å². The van der Waals surface area contributed by atoms with Gasteiger partial charge < -0.3 is 14.4 Å². The Morgan fingerprint density at radius 3 is 2.96 bits per heavy atom. The topological polar surface area (TPSA) is 55.8 Å². The van der Waals surface area contributed by atoms with Gasteiger partial charge in [-0.15, -0.1) is 0 Å². The van der Waals surface area contributed by atoms with Crippen LogP contribution in [0.3, 0.4) is 0 Å². The minimum absolute atomic E-state index is 0.0440. The average Bonchev–Trinajstić information content (AvgIpc) is 2.76. The van der Waals surface area contributed by atoms with E-state index in [1.54, 1.807) is 12.0 Å². The van der Waals surface area contributed by atoms with Crippen LogP contribution in [0.4, 0.5) is 0 Å². The van der Waals surface area contributed by atoms with Crippen LogP contribution in [0, 0.1) is 0 Å². The van der Waals surface area contributed by atoms with Gasteiger partial charge in [-0.3, -0.25) is 9.59 Å². The molecule has 2 aliphatic heterocycles. The molecule has 2 heterocycles. The minimum Gasteiger partial charge on any atom is -0.495 e. The second-order valence-corrected chi connectivity index (χ2v) is 7.98. The molecule has 0 saturated carbocycles. The van der Waals surface area contributed by atoms with Crippen LogP contribution in [0.2, 0.25) is 0 Å². The number of benzene rings is 1. The summed E-state index contributed by atoms with van der Waals surface area (Å²) < 4.78 is 13.0. The Kier molecular flexibility index (Phi) is 3.76. The second kappa shape index (κ2) is 5.59. The van der Waals surface area contributed by atoms with Gasteiger partial charge in [0.1, 0.15) is 17.6 Å². The fourth-order valence-electron chi connectivity index (χ4n) is 4.00. The van der Waals surface area contributed by atoms with Crippen molar-refractivity contribution < 1.29 is 19.1 Å². The molecule has 0 radical (unpaired) electrons. The van der Waals surface area contributed by atoms with Crippen LogP contribution in [0.25, 0.3) is 0 Å². The van der Waals surface area contributed by atoms with Crippen molar-refractivity contribution in [1.29, 1.82) is 0 Å². The summed E-state index contributed by atoms with van der Waals surface area (Å²) >= 11 is 7.03. The van der Waals surface area contributed by atoms with Gasteiger partial charge in [0, 0.05) is 31.1 Å². The molecule has 0 aromatic heterocycles. The van der Waals surface area contributed by atoms with Gasteiger partial charge >= 0.3 is 0 Å². The summed E-state index contributed by atoms with van der Waals surface area (Å²) in [5.41, 5.74) is 1.65. The van der Waals surface area contributed by atoms with E-state index in [0.29, 0.717) is 29.7 Å². The molecule has 0 saturated heterocycles. The summed E-state index contributed by atoms with van der Waals surface area (Å²) in [5.74, 6) is 1.45. The maximum absolute atomic E-state index is 12.1. The van der Waals surface area contributed by atoms with Crippen LogP contribution in [-0.4, -0.2) is 36.9 Å². The van der Waals surface area contributed by atoms with E-state index in [-0.39, 0.29) is 11.9 Å². The molecule has 0 N–H and O–H groups in total. The average molecular weight is 457 g/mol. The van der Waals surface area contributed by atoms with Crippen molar-refractivity contribution in [3.63, 3.8) is 0 Å². The van der Waals surface area contributed by atoms with E-state index in [1.165, 1.54) is 0 Å². The molecule has 2 atom stereocenters. The van der Waals surface area contributed by atoms with Crippen LogP contribution in [0.15, 0.2) is 21.1 Å². The highest BCUT2D eigenvalue weighted by atomic mass is 79.9. The molecule has 5 nitrogen and oxygen atoms in total. The zero-order valence-corrected chi connectivity index (χ0v) is 16.1. The van der Waals surface area contributed by atoms with Crippen molar-refractivity contribution >= 4 is 44.1 Å². The van der Waals surface area contributed by atoms with Gasteiger partial charge in [-0.2, -0.15) is 0 Å². The lowest BCUT2D eigenvalue weighted by atomic mass is 9.69. The molecule has 1 aromatic rings. The summed E-state index contributed by atoms with van der Waals surface area (Å²) in [6.07, 6.45) is 3.65. The quantitative estimate of drug-likeness (QED) is 0.641. The standard InChI is InChI=1S/C17H15Br2NO4/c1-23-13-5-12-15-9(16(13)19)7-20(8-21)3-2-17(15)6-10(18)11(22)4-14(17)24-12/h5-6,8,14H,2-4,7H2,1H3/t14-,17+/m0/s1. The van der Waals surface area contributed by atoms with Gasteiger partial charge in [-0.05, 0) is 43.8 Å². The van der Waals surface area contributed by atoms with Crippen molar-refractivity contribution in [2.45, 2.75) is 30.9 Å². The minimum atomic E-state index is -0.399. The number of carbonyl (C=O) groups is 2. The molecule has 1 spiro atoms. The molecule has 1 aliphatic carbocycles. The predicted octanol–water partition coefficient (Wildman–Crippen LogP) is 3.07. The number of Topliss-reactive ketones (excluding diaryl/α,β-unsaturated/α-hetero) is 1. The number of methoxy groups -OCH3 is 1. The van der Waals surface area contributed by atoms with Gasteiger partial charge in [0.05, 0.1) is 21.5 Å². The number of hydrogen-bond donors (Lipinski definition) is 0. The molecule has 24 heavy (non-hydrogen) atoms. The summed E-state index contributed by atoms with van der Waals surface area (Å²) in [4.78, 5) is 25.3. The SMILES string of the molecule is COc1cc2c3c(c1Br)CN(C=O)CC[C@]31C=C(Br)C(=O)C[C@@H]1O2. The van der Waals surface area contributed by atoms with E-state index >= 15 is 0 Å². The molecule has 1 aromatic carbocycles. The van der Waals surface area contributed by atoms with Crippen molar-refractivity contribution in [3.05, 3.63) is 32.2 Å². The van der Waals surface area contributed by atoms with Crippen LogP contribution < -0.4 is 9.47 Å². The molecule has 0 bridgehead atoms. The van der Waals surface area contributed by atoms with Crippen molar-refractivity contribution in [1.82, 2.24) is 4.90 Å². The Bertz CT molecular complexity index is 791. The van der Waals surface area contributed by atoms with Gasteiger partial charge in [-0.25, -0.2) is 0 Å². The predicted molar refractivity (Wildman–Crippen MR) is 94.5 cm³/mol. The van der Waals surface area contributed by atoms with E-state index in [1.807, 2.05) is 12.1 Å². The Hall–Kier alpha value is -1.34. The molecular formula is C17H15Br2NO4. The van der Waals surface area contributed by atoms with Crippen LogP contribution in [0.5, 0.6) is 11.5 Å². The second-order valence-electron chi connectivity index (χ2n) is 6.34. The van der Waals surface area contributed by atoms with E-state index in [4.69, 9.17) is 9.47 Å². The van der Waals surface area contributed by atoms with E-state index in [0.717, 1.165) is 34.2 Å². The van der Waals surface area contributed by atoms with Crippen LogP contribution in [-0.2, 0) is 21.5 Å². The first kappa shape index (κ1) is 16.1. The zero-order chi connectivity index (χ0) is 17.1. The third-order valence-electron chi connectivity index (χ3n) is 5.17. The first-order valence-corrected chi connectivity index (χ1v) is 9.26. The highest BCUT2D eigenvalue weighted by Gasteiger charge is 2.53. The normalized spacial score (nSPS) is 27.6. The molecule has 126 valence electrons. The zero-order valence-electron chi connectivity index (χ0n) is 13.0. The number of halogens is 2. The summed E-state index contributed by atoms with van der Waals surface area (Å²) in [7, 11) is 1.60. The maximum Gasteiger partial charge on any atom is 0.210 e. The molecule has 0 fully saturated rings. The van der Waals surface area contributed by atoms with Crippen molar-refractivity contribution in [3.8, 4) is 11.5 Å². The van der Waals surface area contributed by atoms with Gasteiger partial charge in [0.2, 0.25) is 6.41 Å². The third-order valence-corrected chi connectivity index (χ3v) is 6.71. The largest absolute Gasteiger partial charge is 0.495 e. The Labute approximate surface area is 156 Å². The number of carbonyl (C=O) groups excluding carboxylic acids is 2. The fourth-order valence-corrected chi connectivity index (χ4v) is 5.17. The highest BCUT2D eigenvalue weighted by molar-refractivity contribution is 9.12. The monoisotopic (exact) mass is 455 g/mol. The highest BCUT2D eigenvalue weighted by Crippen LogP contribution is 2.56. The fraction of sp³-hybridized carbons (Fsp3) is 0.412. The van der Waals surface area contributed by atoms with Crippen molar-refractivity contribution in [2.75, 3.05) is 13.7 Å². The number of rotatable bonds is 2. The van der Waals surface area contributed by atoms with Crippen molar-refractivity contribution in [2.24, 2.45) is 0 Å². The molecular weight excluding hydrogens is 442 g/mol. The lowest BCUT2D eigenvalue weighted by Crippen LogP contribution is -2.42. The molecule has 1 amide bonds. The van der Waals surface area contributed by atoms with Crippen LogP contribution >= 0.6 is 31.9 Å². The number of amides is 1. The summed E-state index contributed by atoms with van der Waals surface area (Å²) in [6.45, 7) is 1.10. The lowest BCUT2D eigenvalue weighted by Gasteiger charge is -2.34. The van der Waals surface area contributed by atoms with E-state index in [9.17, 15) is 9.59 Å². The lowest BCUT2D eigenvalue weighted by molar-refractivity contribution is -0.119.